The van der Waals surface area contributed by atoms with Gasteiger partial charge in [0.25, 0.3) is 0 Å². The number of methoxy groups -OCH3 is 1. The summed E-state index contributed by atoms with van der Waals surface area (Å²) in [5.41, 5.74) is 6.34. The van der Waals surface area contributed by atoms with Gasteiger partial charge in [-0.2, -0.15) is 0 Å². The lowest BCUT2D eigenvalue weighted by molar-refractivity contribution is 0.0602. The van der Waals surface area contributed by atoms with Gasteiger partial charge in [0, 0.05) is 4.88 Å². The first kappa shape index (κ1) is 13.1. The maximum atomic E-state index is 11.7. The number of anilines is 1. The molecule has 0 spiro atoms. The number of carbonyl (C=O) groups is 2. The highest BCUT2D eigenvalue weighted by atomic mass is 32.1. The van der Waals surface area contributed by atoms with E-state index >= 15 is 0 Å². The van der Waals surface area contributed by atoms with Crippen molar-refractivity contribution >= 4 is 28.3 Å². The van der Waals surface area contributed by atoms with Gasteiger partial charge in [-0.05, 0) is 11.6 Å². The number of nitrogens with one attached hydrogen (secondary N) is 1. The first-order chi connectivity index (χ1) is 9.11. The van der Waals surface area contributed by atoms with Gasteiger partial charge in [-0.15, -0.1) is 11.3 Å². The first-order valence-electron chi connectivity index (χ1n) is 5.46. The van der Waals surface area contributed by atoms with E-state index in [1.54, 1.807) is 6.07 Å². The molecule has 0 radical (unpaired) electrons. The molecule has 0 atom stereocenters. The molecule has 0 saturated carbocycles. The molecule has 1 heterocycles. The fourth-order valence-electron chi connectivity index (χ4n) is 1.60. The summed E-state index contributed by atoms with van der Waals surface area (Å²) in [6.07, 6.45) is 0. The standard InChI is InChI=1S/C13H12N2O3S/c1-18-12(16)9-7-10(8-5-3-2-4-6-8)19-11(9)15-13(14)17/h2-7H,1H3,(H3,14,15,17). The third-order valence-electron chi connectivity index (χ3n) is 2.43. The summed E-state index contributed by atoms with van der Waals surface area (Å²) >= 11 is 1.27. The Labute approximate surface area is 114 Å². The molecular formula is C13H12N2O3S. The van der Waals surface area contributed by atoms with Crippen LogP contribution in [0.3, 0.4) is 0 Å². The summed E-state index contributed by atoms with van der Waals surface area (Å²) in [6.45, 7) is 0. The Morgan fingerprint density at radius 3 is 2.53 bits per heavy atom. The second-order valence-electron chi connectivity index (χ2n) is 3.70. The van der Waals surface area contributed by atoms with Crippen molar-refractivity contribution in [2.45, 2.75) is 0 Å². The quantitative estimate of drug-likeness (QED) is 0.846. The van der Waals surface area contributed by atoms with Gasteiger partial charge in [-0.1, -0.05) is 30.3 Å². The molecule has 1 aromatic carbocycles. The number of rotatable bonds is 3. The summed E-state index contributed by atoms with van der Waals surface area (Å²) in [6, 6.07) is 10.5. The molecule has 1 aromatic heterocycles. The number of urea groups is 1. The van der Waals surface area contributed by atoms with Gasteiger partial charge in [-0.25, -0.2) is 9.59 Å². The molecule has 0 saturated heterocycles. The van der Waals surface area contributed by atoms with E-state index in [2.05, 4.69) is 10.1 Å². The Hall–Kier alpha value is -2.34. The average molecular weight is 276 g/mol. The Morgan fingerprint density at radius 1 is 1.26 bits per heavy atom. The zero-order chi connectivity index (χ0) is 13.8. The van der Waals surface area contributed by atoms with E-state index in [9.17, 15) is 9.59 Å². The molecular weight excluding hydrogens is 264 g/mol. The summed E-state index contributed by atoms with van der Waals surface area (Å²) in [5.74, 6) is -0.512. The summed E-state index contributed by atoms with van der Waals surface area (Å²) in [5, 5.41) is 2.82. The SMILES string of the molecule is COC(=O)c1cc(-c2ccccc2)sc1NC(N)=O. The monoisotopic (exact) mass is 276 g/mol. The number of thiophene rings is 1. The van der Waals surface area contributed by atoms with Gasteiger partial charge in [0.05, 0.1) is 12.7 Å². The van der Waals surface area contributed by atoms with Gasteiger partial charge >= 0.3 is 12.0 Å². The van der Waals surface area contributed by atoms with Crippen LogP contribution in [-0.2, 0) is 4.74 Å². The molecule has 19 heavy (non-hydrogen) atoms. The molecule has 0 bridgehead atoms. The fraction of sp³-hybridized carbons (Fsp3) is 0.0769. The molecule has 2 aromatic rings. The van der Waals surface area contributed by atoms with Gasteiger partial charge in [0.15, 0.2) is 0 Å². The first-order valence-corrected chi connectivity index (χ1v) is 6.27. The summed E-state index contributed by atoms with van der Waals surface area (Å²) < 4.78 is 4.68. The molecule has 0 aliphatic rings. The Balaban J connectivity index is 2.45. The largest absolute Gasteiger partial charge is 0.465 e. The van der Waals surface area contributed by atoms with Crippen LogP contribution in [0, 0.1) is 0 Å². The molecule has 98 valence electrons. The Bertz CT molecular complexity index is 608. The minimum absolute atomic E-state index is 0.296. The van der Waals surface area contributed by atoms with Crippen LogP contribution in [0.1, 0.15) is 10.4 Å². The van der Waals surface area contributed by atoms with Crippen molar-refractivity contribution in [3.63, 3.8) is 0 Å². The lowest BCUT2D eigenvalue weighted by atomic mass is 10.1. The normalized spacial score (nSPS) is 9.95. The molecule has 2 rings (SSSR count). The van der Waals surface area contributed by atoms with Crippen molar-refractivity contribution in [3.8, 4) is 10.4 Å². The number of ether oxygens (including phenoxy) is 1. The van der Waals surface area contributed by atoms with E-state index < -0.39 is 12.0 Å². The molecule has 0 fully saturated rings. The summed E-state index contributed by atoms with van der Waals surface area (Å²) in [4.78, 5) is 23.4. The fourth-order valence-corrected chi connectivity index (χ4v) is 2.66. The number of esters is 1. The minimum Gasteiger partial charge on any atom is -0.465 e. The van der Waals surface area contributed by atoms with Crippen LogP contribution in [0.5, 0.6) is 0 Å². The highest BCUT2D eigenvalue weighted by Crippen LogP contribution is 2.35. The summed E-state index contributed by atoms with van der Waals surface area (Å²) in [7, 11) is 1.29. The van der Waals surface area contributed by atoms with Gasteiger partial charge in [-0.3, -0.25) is 5.32 Å². The lowest BCUT2D eigenvalue weighted by Crippen LogP contribution is -2.20. The van der Waals surface area contributed by atoms with Crippen LogP contribution in [-0.4, -0.2) is 19.1 Å². The van der Waals surface area contributed by atoms with Gasteiger partial charge in [0.2, 0.25) is 0 Å². The van der Waals surface area contributed by atoms with Crippen LogP contribution in [0.2, 0.25) is 0 Å². The van der Waals surface area contributed by atoms with E-state index in [1.807, 2.05) is 30.3 Å². The predicted octanol–water partition coefficient (Wildman–Crippen LogP) is 2.69. The molecule has 0 aliphatic carbocycles. The van der Waals surface area contributed by atoms with Crippen LogP contribution in [0.4, 0.5) is 9.80 Å². The lowest BCUT2D eigenvalue weighted by Gasteiger charge is -2.00. The zero-order valence-electron chi connectivity index (χ0n) is 10.2. The van der Waals surface area contributed by atoms with Crippen molar-refractivity contribution in [2.75, 3.05) is 12.4 Å². The van der Waals surface area contributed by atoms with Crippen LogP contribution in [0.25, 0.3) is 10.4 Å². The highest BCUT2D eigenvalue weighted by Gasteiger charge is 2.18. The van der Waals surface area contributed by atoms with E-state index in [0.29, 0.717) is 10.6 Å². The number of primary amides is 1. The predicted molar refractivity (Wildman–Crippen MR) is 74.3 cm³/mol. The number of carbonyl (C=O) groups excluding carboxylic acids is 2. The van der Waals surface area contributed by atoms with E-state index in [0.717, 1.165) is 10.4 Å². The van der Waals surface area contributed by atoms with E-state index in [1.165, 1.54) is 18.4 Å². The number of nitrogens with two attached hydrogens (primary N) is 1. The molecule has 0 unspecified atom stereocenters. The topological polar surface area (TPSA) is 81.4 Å². The average Bonchev–Trinajstić information content (AvgIpc) is 2.82. The van der Waals surface area contributed by atoms with Crippen molar-refractivity contribution < 1.29 is 14.3 Å². The maximum Gasteiger partial charge on any atom is 0.340 e. The Morgan fingerprint density at radius 2 is 1.95 bits per heavy atom. The number of benzene rings is 1. The molecule has 2 amide bonds. The number of hydrogen-bond acceptors (Lipinski definition) is 4. The van der Waals surface area contributed by atoms with Gasteiger partial charge in [0.1, 0.15) is 5.00 Å². The molecule has 3 N–H and O–H groups in total. The third kappa shape index (κ3) is 2.92. The second kappa shape index (κ2) is 5.53. The maximum absolute atomic E-state index is 11.7. The molecule has 6 heteroatoms. The smallest absolute Gasteiger partial charge is 0.340 e. The number of amides is 2. The van der Waals surface area contributed by atoms with Crippen LogP contribution < -0.4 is 11.1 Å². The molecule has 5 nitrogen and oxygen atoms in total. The van der Waals surface area contributed by atoms with Crippen molar-refractivity contribution in [1.29, 1.82) is 0 Å². The van der Waals surface area contributed by atoms with Gasteiger partial charge < -0.3 is 10.5 Å². The van der Waals surface area contributed by atoms with Crippen LogP contribution >= 0.6 is 11.3 Å². The second-order valence-corrected chi connectivity index (χ2v) is 4.75. The molecule has 0 aliphatic heterocycles. The van der Waals surface area contributed by atoms with E-state index in [-0.39, 0.29) is 0 Å². The van der Waals surface area contributed by atoms with Crippen LogP contribution in [0.15, 0.2) is 36.4 Å². The Kier molecular flexibility index (Phi) is 3.82. The van der Waals surface area contributed by atoms with Crippen molar-refractivity contribution in [1.82, 2.24) is 0 Å². The van der Waals surface area contributed by atoms with E-state index in [4.69, 9.17) is 5.73 Å². The van der Waals surface area contributed by atoms with Crippen molar-refractivity contribution in [2.24, 2.45) is 5.73 Å². The minimum atomic E-state index is -0.716. The third-order valence-corrected chi connectivity index (χ3v) is 3.53. The number of hydrogen-bond donors (Lipinski definition) is 2. The van der Waals surface area contributed by atoms with Crippen molar-refractivity contribution in [3.05, 3.63) is 42.0 Å². The highest BCUT2D eigenvalue weighted by molar-refractivity contribution is 7.20. The zero-order valence-corrected chi connectivity index (χ0v) is 11.0.